The van der Waals surface area contributed by atoms with Crippen LogP contribution in [0.3, 0.4) is 0 Å². The largest absolute Gasteiger partial charge is 0.481 e. The zero-order valence-electron chi connectivity index (χ0n) is 12.6. The van der Waals surface area contributed by atoms with Crippen LogP contribution in [0, 0.1) is 5.92 Å². The Balaban J connectivity index is 1.88. The molecule has 2 fully saturated rings. The van der Waals surface area contributed by atoms with Crippen molar-refractivity contribution in [1.29, 1.82) is 0 Å². The van der Waals surface area contributed by atoms with E-state index in [1.807, 2.05) is 6.92 Å². The maximum absolute atomic E-state index is 10.9. The van der Waals surface area contributed by atoms with E-state index in [0.29, 0.717) is 19.4 Å². The smallest absolute Gasteiger partial charge is 0.306 e. The molecule has 2 saturated heterocycles. The SMILES string of the molecule is CC(CCC[C@]1(C)OC[C@]2(CC(=O)O)CC[C@H]1O2)C(=O)O. The van der Waals surface area contributed by atoms with E-state index in [2.05, 4.69) is 0 Å². The monoisotopic (exact) mass is 300 g/mol. The third kappa shape index (κ3) is 3.55. The van der Waals surface area contributed by atoms with Crippen LogP contribution in [0.1, 0.15) is 52.4 Å². The molecule has 0 aliphatic carbocycles. The van der Waals surface area contributed by atoms with E-state index in [9.17, 15) is 9.59 Å². The molecule has 0 aromatic rings. The Morgan fingerprint density at radius 3 is 2.71 bits per heavy atom. The second-order valence-electron chi connectivity index (χ2n) is 6.63. The van der Waals surface area contributed by atoms with Gasteiger partial charge in [-0.2, -0.15) is 0 Å². The van der Waals surface area contributed by atoms with Gasteiger partial charge in [-0.1, -0.05) is 6.92 Å². The van der Waals surface area contributed by atoms with Crippen molar-refractivity contribution in [3.63, 3.8) is 0 Å². The summed E-state index contributed by atoms with van der Waals surface area (Å²) in [5.41, 5.74) is -1.10. The van der Waals surface area contributed by atoms with Gasteiger partial charge in [-0.25, -0.2) is 0 Å². The molecule has 1 unspecified atom stereocenters. The lowest BCUT2D eigenvalue weighted by Crippen LogP contribution is -2.53. The fourth-order valence-electron chi connectivity index (χ4n) is 3.31. The van der Waals surface area contributed by atoms with Gasteiger partial charge in [0.15, 0.2) is 0 Å². The summed E-state index contributed by atoms with van der Waals surface area (Å²) in [5, 5.41) is 17.9. The summed E-state index contributed by atoms with van der Waals surface area (Å²) in [6, 6.07) is 0. The van der Waals surface area contributed by atoms with Crippen molar-refractivity contribution < 1.29 is 29.3 Å². The van der Waals surface area contributed by atoms with E-state index in [1.54, 1.807) is 6.92 Å². The number of hydrogen-bond donors (Lipinski definition) is 2. The van der Waals surface area contributed by atoms with Crippen LogP contribution in [0.4, 0.5) is 0 Å². The van der Waals surface area contributed by atoms with Crippen LogP contribution in [-0.4, -0.2) is 46.1 Å². The maximum Gasteiger partial charge on any atom is 0.306 e. The molecule has 4 atom stereocenters. The van der Waals surface area contributed by atoms with E-state index in [0.717, 1.165) is 19.3 Å². The molecule has 0 spiro atoms. The van der Waals surface area contributed by atoms with Gasteiger partial charge in [-0.3, -0.25) is 9.59 Å². The molecule has 2 heterocycles. The minimum atomic E-state index is -0.863. The van der Waals surface area contributed by atoms with Gasteiger partial charge >= 0.3 is 11.9 Å². The molecule has 120 valence electrons. The molecule has 0 aromatic heterocycles. The molecule has 2 N–H and O–H groups in total. The summed E-state index contributed by atoms with van der Waals surface area (Å²) in [5.74, 6) is -1.99. The van der Waals surface area contributed by atoms with Crippen molar-refractivity contribution in [2.24, 2.45) is 5.92 Å². The lowest BCUT2D eigenvalue weighted by Gasteiger charge is -2.44. The predicted octanol–water partition coefficient (Wildman–Crippen LogP) is 2.06. The first-order valence-electron chi connectivity index (χ1n) is 7.53. The Hall–Kier alpha value is -1.14. The number of ether oxygens (including phenoxy) is 2. The normalized spacial score (nSPS) is 36.4. The van der Waals surface area contributed by atoms with E-state index in [1.165, 1.54) is 0 Å². The highest BCUT2D eigenvalue weighted by Crippen LogP contribution is 2.46. The summed E-state index contributed by atoms with van der Waals surface area (Å²) in [7, 11) is 0. The summed E-state index contributed by atoms with van der Waals surface area (Å²) < 4.78 is 12.0. The van der Waals surface area contributed by atoms with Crippen LogP contribution < -0.4 is 0 Å². The van der Waals surface area contributed by atoms with Gasteiger partial charge in [-0.15, -0.1) is 0 Å². The topological polar surface area (TPSA) is 93.1 Å². The number of aliphatic carboxylic acids is 2. The third-order valence-electron chi connectivity index (χ3n) is 4.81. The fraction of sp³-hybridized carbons (Fsp3) is 0.867. The van der Waals surface area contributed by atoms with Crippen molar-refractivity contribution in [1.82, 2.24) is 0 Å². The molecule has 6 heteroatoms. The minimum absolute atomic E-state index is 0.0182. The van der Waals surface area contributed by atoms with Crippen LogP contribution in [0.15, 0.2) is 0 Å². The zero-order valence-corrected chi connectivity index (χ0v) is 12.6. The molecule has 6 nitrogen and oxygen atoms in total. The van der Waals surface area contributed by atoms with Gasteiger partial charge < -0.3 is 19.7 Å². The molecule has 0 aromatic carbocycles. The summed E-state index contributed by atoms with van der Waals surface area (Å²) in [4.78, 5) is 21.8. The Kier molecular flexibility index (Phi) is 4.58. The second-order valence-corrected chi connectivity index (χ2v) is 6.63. The number of carbonyl (C=O) groups is 2. The molecular weight excluding hydrogens is 276 g/mol. The van der Waals surface area contributed by atoms with Crippen LogP contribution in [0.25, 0.3) is 0 Å². The average molecular weight is 300 g/mol. The quantitative estimate of drug-likeness (QED) is 0.747. The minimum Gasteiger partial charge on any atom is -0.481 e. The first kappa shape index (κ1) is 16.2. The Labute approximate surface area is 124 Å². The van der Waals surface area contributed by atoms with Crippen molar-refractivity contribution in [2.45, 2.75) is 69.7 Å². The number of carboxylic acids is 2. The van der Waals surface area contributed by atoms with Gasteiger partial charge in [0.2, 0.25) is 0 Å². The molecule has 0 radical (unpaired) electrons. The number of hydrogen-bond acceptors (Lipinski definition) is 4. The van der Waals surface area contributed by atoms with Gasteiger partial charge in [0.25, 0.3) is 0 Å². The number of carboxylic acid groups (broad SMARTS) is 2. The Morgan fingerprint density at radius 1 is 1.38 bits per heavy atom. The molecule has 2 rings (SSSR count). The first-order valence-corrected chi connectivity index (χ1v) is 7.53. The Bertz CT molecular complexity index is 422. The Morgan fingerprint density at radius 2 is 2.10 bits per heavy atom. The van der Waals surface area contributed by atoms with Crippen molar-refractivity contribution in [3.05, 3.63) is 0 Å². The van der Waals surface area contributed by atoms with Gasteiger partial charge in [0.1, 0.15) is 5.60 Å². The molecule has 0 amide bonds. The highest BCUT2D eigenvalue weighted by molar-refractivity contribution is 5.69. The van der Waals surface area contributed by atoms with E-state index in [-0.39, 0.29) is 18.4 Å². The number of rotatable bonds is 7. The second kappa shape index (κ2) is 5.93. The third-order valence-corrected chi connectivity index (χ3v) is 4.81. The first-order chi connectivity index (χ1) is 9.76. The highest BCUT2D eigenvalue weighted by Gasteiger charge is 2.54. The number of fused-ring (bicyclic) bond motifs is 2. The predicted molar refractivity (Wildman–Crippen MR) is 74.1 cm³/mol. The van der Waals surface area contributed by atoms with Crippen LogP contribution in [-0.2, 0) is 19.1 Å². The van der Waals surface area contributed by atoms with Crippen molar-refractivity contribution in [3.8, 4) is 0 Å². The standard InChI is InChI=1S/C15H24O6/c1-10(13(18)19)4-3-6-14(2)11-5-7-15(21-11,9-20-14)8-12(16)17/h10-11H,3-9H2,1-2H3,(H,16,17)(H,18,19)/t10?,11-,14+,15-/m1/s1. The van der Waals surface area contributed by atoms with Crippen LogP contribution in [0.2, 0.25) is 0 Å². The highest BCUT2D eigenvalue weighted by atomic mass is 16.6. The van der Waals surface area contributed by atoms with E-state index < -0.39 is 23.1 Å². The van der Waals surface area contributed by atoms with E-state index in [4.69, 9.17) is 19.7 Å². The van der Waals surface area contributed by atoms with Crippen molar-refractivity contribution in [2.75, 3.05) is 6.61 Å². The molecular formula is C15H24O6. The summed E-state index contributed by atoms with van der Waals surface area (Å²) in [6.45, 7) is 4.00. The molecule has 21 heavy (non-hydrogen) atoms. The van der Waals surface area contributed by atoms with Crippen LogP contribution >= 0.6 is 0 Å². The average Bonchev–Trinajstić information content (AvgIpc) is 2.75. The van der Waals surface area contributed by atoms with Gasteiger partial charge in [-0.05, 0) is 39.0 Å². The molecule has 2 aliphatic heterocycles. The summed E-state index contributed by atoms with van der Waals surface area (Å²) >= 11 is 0. The summed E-state index contributed by atoms with van der Waals surface area (Å²) in [6.07, 6.45) is 3.51. The van der Waals surface area contributed by atoms with Crippen LogP contribution in [0.5, 0.6) is 0 Å². The maximum atomic E-state index is 10.9. The zero-order chi connectivity index (χ0) is 15.7. The van der Waals surface area contributed by atoms with E-state index >= 15 is 0 Å². The lowest BCUT2D eigenvalue weighted by atomic mass is 9.89. The molecule has 2 aliphatic rings. The van der Waals surface area contributed by atoms with Gasteiger partial charge in [0, 0.05) is 0 Å². The van der Waals surface area contributed by atoms with Crippen molar-refractivity contribution >= 4 is 11.9 Å². The molecule has 2 bridgehead atoms. The lowest BCUT2D eigenvalue weighted by molar-refractivity contribution is -0.242. The fourth-order valence-corrected chi connectivity index (χ4v) is 3.31. The van der Waals surface area contributed by atoms with Gasteiger partial charge in [0.05, 0.1) is 30.7 Å². The molecule has 0 saturated carbocycles.